The standard InChI is InChI=1S/C42H63NO17/c1-20-24-25(45)29(47)40(10)22(44)17-23-41(19-56-23,60-35(53)55-11)27(40)30(57-31(48)21-15-13-12-14-16-21)42(54,38(24,7)8)18-39(20,9)58-32(49)26(46)28(37(5,6)33(50)51)43-34(52)59-36(2,3)4/h21-23,25-28,30,44-46,54H,12-19H2,1-11H3,(H,43,52)(H,50,51)/t22?,23-,25-,26-,27?,28-,30+,39+,40-,41+,42-/m1/s1. The molecule has 2 unspecified atom stereocenters. The Morgan fingerprint density at radius 2 is 1.55 bits per heavy atom. The second kappa shape index (κ2) is 15.8. The number of nitrogens with one attached hydrogen (secondary N) is 1. The molecule has 4 fully saturated rings. The van der Waals surface area contributed by atoms with E-state index in [1.54, 1.807) is 20.8 Å². The summed E-state index contributed by atoms with van der Waals surface area (Å²) in [6, 6.07) is -1.85. The van der Waals surface area contributed by atoms with Gasteiger partial charge in [0.25, 0.3) is 0 Å². The van der Waals surface area contributed by atoms with Crippen molar-refractivity contribution in [2.24, 2.45) is 28.1 Å². The molecule has 0 aromatic carbocycles. The molecule has 5 aliphatic rings. The molecular weight excluding hydrogens is 790 g/mol. The number of alkyl carbamates (subject to hydrolysis) is 1. The molecule has 0 aromatic heterocycles. The van der Waals surface area contributed by atoms with Crippen LogP contribution in [0.15, 0.2) is 11.1 Å². The molecule has 1 heterocycles. The van der Waals surface area contributed by atoms with Crippen LogP contribution in [-0.2, 0) is 47.6 Å². The summed E-state index contributed by atoms with van der Waals surface area (Å²) in [5.74, 6) is -6.87. The number of Topliss-reactive ketones (excluding diaryl/α,β-unsaturated/α-hetero) is 1. The molecule has 1 amide bonds. The van der Waals surface area contributed by atoms with E-state index in [-0.39, 0.29) is 24.2 Å². The third-order valence-electron chi connectivity index (χ3n) is 14.2. The van der Waals surface area contributed by atoms with E-state index < -0.39 is 129 Å². The molecule has 338 valence electrons. The Bertz CT molecular complexity index is 1790. The normalized spacial score (nSPS) is 36.4. The molecule has 1 aliphatic heterocycles. The minimum atomic E-state index is -2.45. The zero-order valence-electron chi connectivity index (χ0n) is 36.4. The highest BCUT2D eigenvalue weighted by Crippen LogP contribution is 2.65. The van der Waals surface area contributed by atoms with Gasteiger partial charge >= 0.3 is 30.2 Å². The summed E-state index contributed by atoms with van der Waals surface area (Å²) < 4.78 is 34.5. The fourth-order valence-electron chi connectivity index (χ4n) is 10.4. The van der Waals surface area contributed by atoms with Crippen molar-refractivity contribution >= 4 is 35.9 Å². The molecule has 1 saturated heterocycles. The van der Waals surface area contributed by atoms with Gasteiger partial charge in [-0.1, -0.05) is 33.1 Å². The van der Waals surface area contributed by atoms with Crippen molar-refractivity contribution in [3.63, 3.8) is 0 Å². The lowest BCUT2D eigenvalue weighted by Crippen LogP contribution is -2.82. The van der Waals surface area contributed by atoms with Crippen molar-refractivity contribution in [2.45, 2.75) is 173 Å². The largest absolute Gasteiger partial charge is 0.508 e. The topological polar surface area (TPSA) is 271 Å². The lowest BCUT2D eigenvalue weighted by molar-refractivity contribution is -0.347. The van der Waals surface area contributed by atoms with E-state index >= 15 is 4.79 Å². The van der Waals surface area contributed by atoms with Crippen LogP contribution in [0.25, 0.3) is 0 Å². The van der Waals surface area contributed by atoms with Gasteiger partial charge in [0, 0.05) is 18.3 Å². The number of aliphatic carboxylic acids is 1. The zero-order chi connectivity index (χ0) is 45.3. The Labute approximate surface area is 349 Å². The van der Waals surface area contributed by atoms with Crippen molar-refractivity contribution in [3.05, 3.63) is 11.1 Å². The van der Waals surface area contributed by atoms with Gasteiger partial charge in [-0.25, -0.2) is 14.4 Å². The molecule has 18 heteroatoms. The minimum Gasteiger partial charge on any atom is -0.481 e. The maximum Gasteiger partial charge on any atom is 0.508 e. The number of carbonyl (C=O) groups is 6. The second-order valence-corrected chi connectivity index (χ2v) is 19.8. The minimum absolute atomic E-state index is 0.0582. The van der Waals surface area contributed by atoms with E-state index in [4.69, 9.17) is 28.4 Å². The van der Waals surface area contributed by atoms with Crippen LogP contribution in [0.4, 0.5) is 9.59 Å². The van der Waals surface area contributed by atoms with Crippen LogP contribution in [0.2, 0.25) is 0 Å². The highest BCUT2D eigenvalue weighted by atomic mass is 16.8. The van der Waals surface area contributed by atoms with Crippen molar-refractivity contribution in [1.82, 2.24) is 5.32 Å². The SMILES string of the molecule is COC(=O)O[C@@]12CO[C@@H]1CC(O)[C@@]1(C)C(=O)[C@H](O)C3=C(C)[C@@](C)(OC(=O)[C@H](O)[C@@H](NC(=O)OC(C)(C)C)C(C)(C)C(=O)O)C[C@@](O)([C@@H](OC(=O)C4CCCCC4)C12)C3(C)C. The van der Waals surface area contributed by atoms with Crippen molar-refractivity contribution in [2.75, 3.05) is 13.7 Å². The number of ether oxygens (including phenoxy) is 6. The van der Waals surface area contributed by atoms with Gasteiger partial charge in [0.2, 0.25) is 0 Å². The van der Waals surface area contributed by atoms with Crippen LogP contribution in [0.3, 0.4) is 0 Å². The Balaban J connectivity index is 1.71. The molecule has 18 nitrogen and oxygen atoms in total. The molecule has 4 aliphatic carbocycles. The van der Waals surface area contributed by atoms with Crippen LogP contribution in [-0.4, -0.2) is 134 Å². The average Bonchev–Trinajstić information content (AvgIpc) is 3.14. The van der Waals surface area contributed by atoms with Gasteiger partial charge in [0.05, 0.1) is 48.5 Å². The van der Waals surface area contributed by atoms with Gasteiger partial charge in [-0.2, -0.15) is 0 Å². The van der Waals surface area contributed by atoms with E-state index in [0.29, 0.717) is 12.8 Å². The molecular formula is C42H63NO17. The van der Waals surface area contributed by atoms with E-state index in [1.165, 1.54) is 48.5 Å². The molecule has 3 saturated carbocycles. The molecule has 60 heavy (non-hydrogen) atoms. The van der Waals surface area contributed by atoms with Gasteiger partial charge in [0.15, 0.2) is 17.5 Å². The molecule has 5 rings (SSSR count). The quantitative estimate of drug-likeness (QED) is 0.111. The van der Waals surface area contributed by atoms with Gasteiger partial charge in [-0.15, -0.1) is 0 Å². The van der Waals surface area contributed by atoms with Gasteiger partial charge in [-0.3, -0.25) is 14.4 Å². The number of aliphatic hydroxyl groups excluding tert-OH is 3. The molecule has 11 atom stereocenters. The first kappa shape index (κ1) is 47.2. The maximum absolute atomic E-state index is 15.1. The van der Waals surface area contributed by atoms with Crippen LogP contribution < -0.4 is 5.32 Å². The van der Waals surface area contributed by atoms with Crippen LogP contribution in [0.1, 0.15) is 114 Å². The molecule has 0 aromatic rings. The van der Waals surface area contributed by atoms with E-state index in [9.17, 15) is 49.5 Å². The monoisotopic (exact) mass is 853 g/mol. The third-order valence-corrected chi connectivity index (χ3v) is 14.2. The number of rotatable bonds is 9. The number of aliphatic hydroxyl groups is 4. The Morgan fingerprint density at radius 3 is 2.07 bits per heavy atom. The van der Waals surface area contributed by atoms with Crippen LogP contribution in [0.5, 0.6) is 0 Å². The van der Waals surface area contributed by atoms with Gasteiger partial charge in [-0.05, 0) is 79.4 Å². The Kier molecular flexibility index (Phi) is 12.4. The van der Waals surface area contributed by atoms with Gasteiger partial charge in [0.1, 0.15) is 35.1 Å². The Morgan fingerprint density at radius 1 is 0.950 bits per heavy atom. The summed E-state index contributed by atoms with van der Waals surface area (Å²) in [4.78, 5) is 82.1. The summed E-state index contributed by atoms with van der Waals surface area (Å²) in [5, 5.41) is 61.8. The van der Waals surface area contributed by atoms with E-state index in [1.807, 2.05) is 0 Å². The number of carboxylic acid groups (broad SMARTS) is 1. The smallest absolute Gasteiger partial charge is 0.481 e. The number of amides is 1. The lowest BCUT2D eigenvalue weighted by Gasteiger charge is -2.67. The zero-order valence-corrected chi connectivity index (χ0v) is 36.4. The fraction of sp³-hybridized carbons (Fsp3) is 0.810. The first-order valence-electron chi connectivity index (χ1n) is 20.5. The lowest BCUT2D eigenvalue weighted by atomic mass is 9.44. The predicted molar refractivity (Wildman–Crippen MR) is 207 cm³/mol. The molecule has 6 N–H and O–H groups in total. The van der Waals surface area contributed by atoms with E-state index in [0.717, 1.165) is 26.4 Å². The van der Waals surface area contributed by atoms with Crippen molar-refractivity contribution in [1.29, 1.82) is 0 Å². The number of hydrogen-bond acceptors (Lipinski definition) is 16. The fourth-order valence-corrected chi connectivity index (χ4v) is 10.4. The third kappa shape index (κ3) is 7.57. The number of methoxy groups -OCH3 is 1. The van der Waals surface area contributed by atoms with Crippen LogP contribution in [0, 0.1) is 28.1 Å². The highest BCUT2D eigenvalue weighted by Gasteiger charge is 2.79. The molecule has 2 bridgehead atoms. The number of fused-ring (bicyclic) bond motifs is 5. The predicted octanol–water partition coefficient (Wildman–Crippen LogP) is 2.87. The Hall–Kier alpha value is -3.84. The summed E-state index contributed by atoms with van der Waals surface area (Å²) in [5.41, 5.74) is -13.3. The van der Waals surface area contributed by atoms with Gasteiger partial charge < -0.3 is 59.3 Å². The summed E-state index contributed by atoms with van der Waals surface area (Å²) in [6.45, 7) is 13.8. The number of carboxylic acids is 1. The summed E-state index contributed by atoms with van der Waals surface area (Å²) in [7, 11) is 1.06. The number of esters is 2. The average molecular weight is 854 g/mol. The second-order valence-electron chi connectivity index (χ2n) is 19.8. The highest BCUT2D eigenvalue weighted by molar-refractivity contribution is 5.93. The number of carbonyl (C=O) groups excluding carboxylic acids is 5. The first-order valence-corrected chi connectivity index (χ1v) is 20.5. The van der Waals surface area contributed by atoms with Crippen LogP contribution >= 0.6 is 0 Å². The summed E-state index contributed by atoms with van der Waals surface area (Å²) in [6.07, 6.45) is -8.93. The number of ketones is 1. The molecule has 0 spiro atoms. The number of hydrogen-bond donors (Lipinski definition) is 6. The van der Waals surface area contributed by atoms with Crippen molar-refractivity contribution < 1.29 is 82.7 Å². The summed E-state index contributed by atoms with van der Waals surface area (Å²) >= 11 is 0. The first-order chi connectivity index (χ1) is 27.5. The maximum atomic E-state index is 15.1. The molecule has 0 radical (unpaired) electrons. The van der Waals surface area contributed by atoms with Crippen molar-refractivity contribution in [3.8, 4) is 0 Å². The van der Waals surface area contributed by atoms with E-state index in [2.05, 4.69) is 5.32 Å².